The maximum absolute atomic E-state index is 11.4. The Labute approximate surface area is 111 Å². The fraction of sp³-hybridized carbons (Fsp3) is 0.385. The number of amides is 2. The molecular formula is C13H18N4O2. The lowest BCUT2D eigenvalue weighted by molar-refractivity contribution is -0.122. The predicted octanol–water partition coefficient (Wildman–Crippen LogP) is 0.0694. The van der Waals surface area contributed by atoms with Crippen molar-refractivity contribution < 1.29 is 9.59 Å². The molecule has 1 heterocycles. The van der Waals surface area contributed by atoms with Gasteiger partial charge in [-0.1, -0.05) is 0 Å². The summed E-state index contributed by atoms with van der Waals surface area (Å²) in [5.41, 5.74) is 18.2. The number of nitrogens with two attached hydrogens (primary N) is 3. The minimum atomic E-state index is -0.480. The Balaban J connectivity index is 2.21. The third-order valence-corrected chi connectivity index (χ3v) is 3.53. The van der Waals surface area contributed by atoms with Gasteiger partial charge in [0.15, 0.2) is 0 Å². The second-order valence-corrected chi connectivity index (χ2v) is 4.80. The van der Waals surface area contributed by atoms with Crippen LogP contribution < -0.4 is 22.1 Å². The van der Waals surface area contributed by atoms with Crippen LogP contribution in [0, 0.1) is 5.92 Å². The SMILES string of the molecule is NC(=O)c1ccc(N)cc1N1CCC(C(N)=O)CC1. The Hall–Kier alpha value is -2.24. The quantitative estimate of drug-likeness (QED) is 0.668. The molecule has 6 nitrogen and oxygen atoms in total. The summed E-state index contributed by atoms with van der Waals surface area (Å²) < 4.78 is 0. The average molecular weight is 262 g/mol. The van der Waals surface area contributed by atoms with E-state index in [-0.39, 0.29) is 11.8 Å². The normalized spacial score (nSPS) is 16.3. The van der Waals surface area contributed by atoms with Crippen LogP contribution in [0.4, 0.5) is 11.4 Å². The molecule has 0 aliphatic carbocycles. The third-order valence-electron chi connectivity index (χ3n) is 3.53. The standard InChI is InChI=1S/C13H18N4O2/c14-9-1-2-10(13(16)19)11(7-9)17-5-3-8(4-6-17)12(15)18/h1-2,7-8H,3-6,14H2,(H2,15,18)(H2,16,19). The van der Waals surface area contributed by atoms with E-state index in [1.165, 1.54) is 0 Å². The average Bonchev–Trinajstić information content (AvgIpc) is 2.38. The molecule has 0 atom stereocenters. The van der Waals surface area contributed by atoms with E-state index in [0.717, 1.165) is 5.69 Å². The van der Waals surface area contributed by atoms with Gasteiger partial charge in [-0.25, -0.2) is 0 Å². The van der Waals surface area contributed by atoms with Crippen molar-refractivity contribution in [2.45, 2.75) is 12.8 Å². The summed E-state index contributed by atoms with van der Waals surface area (Å²) in [7, 11) is 0. The van der Waals surface area contributed by atoms with Crippen LogP contribution in [0.5, 0.6) is 0 Å². The predicted molar refractivity (Wildman–Crippen MR) is 73.5 cm³/mol. The van der Waals surface area contributed by atoms with Crippen molar-refractivity contribution in [2.75, 3.05) is 23.7 Å². The summed E-state index contributed by atoms with van der Waals surface area (Å²) >= 11 is 0. The van der Waals surface area contributed by atoms with Crippen molar-refractivity contribution in [3.8, 4) is 0 Å². The van der Waals surface area contributed by atoms with Crippen LogP contribution in [0.1, 0.15) is 23.2 Å². The van der Waals surface area contributed by atoms with Crippen molar-refractivity contribution in [1.82, 2.24) is 0 Å². The number of hydrogen-bond acceptors (Lipinski definition) is 4. The molecule has 0 unspecified atom stereocenters. The van der Waals surface area contributed by atoms with E-state index >= 15 is 0 Å². The molecular weight excluding hydrogens is 244 g/mol. The van der Waals surface area contributed by atoms with Crippen LogP contribution in [-0.2, 0) is 4.79 Å². The molecule has 0 spiro atoms. The molecule has 1 aliphatic rings. The molecule has 0 aromatic heterocycles. The van der Waals surface area contributed by atoms with Crippen molar-refractivity contribution in [3.05, 3.63) is 23.8 Å². The lowest BCUT2D eigenvalue weighted by Crippen LogP contribution is -2.39. The van der Waals surface area contributed by atoms with Crippen LogP contribution in [-0.4, -0.2) is 24.9 Å². The number of benzene rings is 1. The molecule has 1 saturated heterocycles. The first-order valence-electron chi connectivity index (χ1n) is 6.22. The molecule has 19 heavy (non-hydrogen) atoms. The fourth-order valence-electron chi connectivity index (χ4n) is 2.42. The van der Waals surface area contributed by atoms with Crippen LogP contribution in [0.15, 0.2) is 18.2 Å². The Kier molecular flexibility index (Phi) is 3.59. The first kappa shape index (κ1) is 13.2. The highest BCUT2D eigenvalue weighted by molar-refractivity contribution is 5.99. The number of carbonyl (C=O) groups is 2. The minimum Gasteiger partial charge on any atom is -0.399 e. The zero-order chi connectivity index (χ0) is 14.0. The van der Waals surface area contributed by atoms with Gasteiger partial charge in [0, 0.05) is 24.7 Å². The van der Waals surface area contributed by atoms with Gasteiger partial charge in [0.1, 0.15) is 0 Å². The molecule has 1 fully saturated rings. The number of carbonyl (C=O) groups excluding carboxylic acids is 2. The summed E-state index contributed by atoms with van der Waals surface area (Å²) in [4.78, 5) is 24.6. The van der Waals surface area contributed by atoms with Crippen molar-refractivity contribution in [1.29, 1.82) is 0 Å². The van der Waals surface area contributed by atoms with Crippen molar-refractivity contribution in [2.24, 2.45) is 17.4 Å². The van der Waals surface area contributed by atoms with E-state index in [1.54, 1.807) is 18.2 Å². The molecule has 1 aliphatic heterocycles. The number of primary amides is 2. The highest BCUT2D eigenvalue weighted by Gasteiger charge is 2.25. The molecule has 6 heteroatoms. The Morgan fingerprint density at radius 2 is 1.79 bits per heavy atom. The largest absolute Gasteiger partial charge is 0.399 e. The van der Waals surface area contributed by atoms with E-state index in [4.69, 9.17) is 17.2 Å². The Bertz CT molecular complexity index is 507. The van der Waals surface area contributed by atoms with Gasteiger partial charge >= 0.3 is 0 Å². The number of hydrogen-bond donors (Lipinski definition) is 3. The van der Waals surface area contributed by atoms with E-state index in [0.29, 0.717) is 37.2 Å². The molecule has 0 saturated carbocycles. The maximum Gasteiger partial charge on any atom is 0.250 e. The van der Waals surface area contributed by atoms with Gasteiger partial charge < -0.3 is 22.1 Å². The first-order chi connectivity index (χ1) is 8.99. The second-order valence-electron chi connectivity index (χ2n) is 4.80. The number of nitrogens with zero attached hydrogens (tertiary/aromatic N) is 1. The highest BCUT2D eigenvalue weighted by Crippen LogP contribution is 2.28. The maximum atomic E-state index is 11.4. The third kappa shape index (κ3) is 2.78. The van der Waals surface area contributed by atoms with Gasteiger partial charge in [0.05, 0.1) is 11.3 Å². The Morgan fingerprint density at radius 3 is 2.32 bits per heavy atom. The monoisotopic (exact) mass is 262 g/mol. The Morgan fingerprint density at radius 1 is 1.16 bits per heavy atom. The lowest BCUT2D eigenvalue weighted by atomic mass is 9.95. The number of rotatable bonds is 3. The van der Waals surface area contributed by atoms with Crippen LogP contribution in [0.25, 0.3) is 0 Å². The molecule has 1 aromatic rings. The molecule has 102 valence electrons. The van der Waals surface area contributed by atoms with Crippen LogP contribution >= 0.6 is 0 Å². The van der Waals surface area contributed by atoms with Gasteiger partial charge in [0.2, 0.25) is 5.91 Å². The second kappa shape index (κ2) is 5.17. The van der Waals surface area contributed by atoms with Gasteiger partial charge in [-0.2, -0.15) is 0 Å². The smallest absolute Gasteiger partial charge is 0.250 e. The van der Waals surface area contributed by atoms with Gasteiger partial charge in [-0.15, -0.1) is 0 Å². The van der Waals surface area contributed by atoms with E-state index in [9.17, 15) is 9.59 Å². The highest BCUT2D eigenvalue weighted by atomic mass is 16.1. The van der Waals surface area contributed by atoms with Gasteiger partial charge in [-0.3, -0.25) is 9.59 Å². The summed E-state index contributed by atoms with van der Waals surface area (Å²) in [6.07, 6.45) is 1.37. The number of piperidine rings is 1. The molecule has 0 bridgehead atoms. The van der Waals surface area contributed by atoms with E-state index < -0.39 is 5.91 Å². The molecule has 0 radical (unpaired) electrons. The van der Waals surface area contributed by atoms with Crippen LogP contribution in [0.2, 0.25) is 0 Å². The zero-order valence-electron chi connectivity index (χ0n) is 10.6. The molecule has 2 amide bonds. The van der Waals surface area contributed by atoms with E-state index in [2.05, 4.69) is 0 Å². The molecule has 2 rings (SSSR count). The number of nitrogen functional groups attached to an aromatic ring is 1. The summed E-state index contributed by atoms with van der Waals surface area (Å²) in [6.45, 7) is 1.33. The van der Waals surface area contributed by atoms with Crippen LogP contribution in [0.3, 0.4) is 0 Å². The minimum absolute atomic E-state index is 0.0886. The molecule has 1 aromatic carbocycles. The summed E-state index contributed by atoms with van der Waals surface area (Å²) in [5, 5.41) is 0. The fourth-order valence-corrected chi connectivity index (χ4v) is 2.42. The first-order valence-corrected chi connectivity index (χ1v) is 6.22. The topological polar surface area (TPSA) is 115 Å². The molecule has 6 N–H and O–H groups in total. The zero-order valence-corrected chi connectivity index (χ0v) is 10.6. The van der Waals surface area contributed by atoms with Gasteiger partial charge in [-0.05, 0) is 31.0 Å². The summed E-state index contributed by atoms with van der Waals surface area (Å²) in [6, 6.07) is 5.03. The summed E-state index contributed by atoms with van der Waals surface area (Å²) in [5.74, 6) is -0.830. The van der Waals surface area contributed by atoms with Crippen molar-refractivity contribution >= 4 is 23.2 Å². The van der Waals surface area contributed by atoms with E-state index in [1.807, 2.05) is 4.90 Å². The van der Waals surface area contributed by atoms with Gasteiger partial charge in [0.25, 0.3) is 5.91 Å². The van der Waals surface area contributed by atoms with Crippen molar-refractivity contribution in [3.63, 3.8) is 0 Å². The lowest BCUT2D eigenvalue weighted by Gasteiger charge is -2.33. The number of anilines is 2.